The van der Waals surface area contributed by atoms with E-state index in [0.717, 1.165) is 0 Å². The Morgan fingerprint density at radius 1 is 1.17 bits per heavy atom. The molecule has 1 aromatic rings. The summed E-state index contributed by atoms with van der Waals surface area (Å²) in [5, 5.41) is 1.19. The van der Waals surface area contributed by atoms with Crippen molar-refractivity contribution in [3.05, 3.63) is 18.3 Å². The lowest BCUT2D eigenvalue weighted by atomic mass is 10.4. The number of amidine groups is 1. The maximum atomic E-state index is 12.0. The number of methoxy groups -OCH3 is 3. The van der Waals surface area contributed by atoms with Crippen LogP contribution in [0.4, 0.5) is 0 Å². The molecule has 1 atom stereocenters. The quantitative estimate of drug-likeness (QED) is 0.691. The van der Waals surface area contributed by atoms with Crippen LogP contribution in [0.3, 0.4) is 0 Å². The minimum absolute atomic E-state index is 0.0618. The first kappa shape index (κ1) is 17.3. The molecule has 0 saturated carbocycles. The predicted octanol–water partition coefficient (Wildman–Crippen LogP) is 0.0761. The summed E-state index contributed by atoms with van der Waals surface area (Å²) >= 11 is 0. The molecule has 1 aliphatic heterocycles. The van der Waals surface area contributed by atoms with Crippen molar-refractivity contribution in [2.75, 3.05) is 35.4 Å². The highest BCUT2D eigenvalue weighted by atomic mass is 16.7. The Hall–Kier alpha value is -3.04. The molecule has 0 aliphatic carbocycles. The van der Waals surface area contributed by atoms with E-state index >= 15 is 0 Å². The molecule has 0 bridgehead atoms. The second kappa shape index (κ2) is 7.49. The van der Waals surface area contributed by atoms with Gasteiger partial charge in [-0.15, -0.1) is 0 Å². The molecular weight excluding hydrogens is 318 g/mol. The molecule has 10 heteroatoms. The van der Waals surface area contributed by atoms with Crippen LogP contribution in [-0.4, -0.2) is 73.3 Å². The van der Waals surface area contributed by atoms with Crippen molar-refractivity contribution in [3.8, 4) is 17.8 Å². The molecular formula is C14H19N5O5. The average Bonchev–Trinajstić information content (AvgIpc) is 2.60. The first-order valence-electron chi connectivity index (χ1n) is 6.93. The van der Waals surface area contributed by atoms with Gasteiger partial charge in [0.2, 0.25) is 11.8 Å². The number of rotatable bonds is 5. The lowest BCUT2D eigenvalue weighted by Crippen LogP contribution is -2.43. The number of ether oxygens (including phenoxy) is 3. The average molecular weight is 337 g/mol. The molecule has 0 aromatic carbocycles. The van der Waals surface area contributed by atoms with E-state index in [1.165, 1.54) is 32.5 Å². The SMILES string of the molecule is COC(=O)C1N=C(N(C)C)C=CN1Oc1nc(OC)cc(OC)n1. The highest BCUT2D eigenvalue weighted by Gasteiger charge is 2.30. The van der Waals surface area contributed by atoms with Crippen LogP contribution in [0.1, 0.15) is 0 Å². The molecule has 0 radical (unpaired) electrons. The second-order valence-corrected chi connectivity index (χ2v) is 4.78. The molecule has 2 heterocycles. The summed E-state index contributed by atoms with van der Waals surface area (Å²) in [6, 6.07) is 1.44. The lowest BCUT2D eigenvalue weighted by molar-refractivity contribution is -0.157. The standard InChI is InChI=1S/C14H19N5O5/c1-18(2)9-6-7-19(12(15-9)13(20)23-5)24-14-16-10(21-3)8-11(17-14)22-4/h6-8,12H,1-5H3. The molecule has 0 spiro atoms. The van der Waals surface area contributed by atoms with Gasteiger partial charge in [-0.05, 0) is 6.08 Å². The first-order valence-corrected chi connectivity index (χ1v) is 6.93. The Labute approximate surface area is 139 Å². The number of hydrogen-bond acceptors (Lipinski definition) is 10. The molecule has 0 fully saturated rings. The number of carbonyl (C=O) groups is 1. The van der Waals surface area contributed by atoms with E-state index in [1.54, 1.807) is 17.2 Å². The Bertz CT molecular complexity index is 639. The van der Waals surface area contributed by atoms with Crippen LogP contribution in [0.2, 0.25) is 0 Å². The number of aliphatic imine (C=N–C) groups is 1. The van der Waals surface area contributed by atoms with Gasteiger partial charge in [0, 0.05) is 20.3 Å². The van der Waals surface area contributed by atoms with Gasteiger partial charge in [-0.2, -0.15) is 15.0 Å². The van der Waals surface area contributed by atoms with Crippen LogP contribution in [-0.2, 0) is 9.53 Å². The Kier molecular flexibility index (Phi) is 5.40. The third-order valence-electron chi connectivity index (χ3n) is 3.00. The van der Waals surface area contributed by atoms with Gasteiger partial charge in [0.05, 0.1) is 27.4 Å². The van der Waals surface area contributed by atoms with Gasteiger partial charge in [0.15, 0.2) is 0 Å². The van der Waals surface area contributed by atoms with Crippen molar-refractivity contribution in [2.45, 2.75) is 6.17 Å². The number of hydrogen-bond donors (Lipinski definition) is 0. The van der Waals surface area contributed by atoms with Gasteiger partial charge >= 0.3 is 12.0 Å². The Balaban J connectivity index is 2.27. The first-order chi connectivity index (χ1) is 11.5. The van der Waals surface area contributed by atoms with E-state index in [9.17, 15) is 4.79 Å². The third kappa shape index (κ3) is 3.83. The van der Waals surface area contributed by atoms with Crippen LogP contribution in [0, 0.1) is 0 Å². The zero-order valence-electron chi connectivity index (χ0n) is 14.1. The maximum absolute atomic E-state index is 12.0. The fourth-order valence-electron chi connectivity index (χ4n) is 1.78. The monoisotopic (exact) mass is 337 g/mol. The van der Waals surface area contributed by atoms with Crippen LogP contribution in [0.15, 0.2) is 23.3 Å². The second-order valence-electron chi connectivity index (χ2n) is 4.78. The number of carbonyl (C=O) groups excluding carboxylic acids is 1. The van der Waals surface area contributed by atoms with Gasteiger partial charge < -0.3 is 23.9 Å². The highest BCUT2D eigenvalue weighted by molar-refractivity contribution is 5.95. The highest BCUT2D eigenvalue weighted by Crippen LogP contribution is 2.21. The number of hydroxylamine groups is 2. The van der Waals surface area contributed by atoms with Gasteiger partial charge in [0.1, 0.15) is 5.84 Å². The smallest absolute Gasteiger partial charge is 0.354 e. The van der Waals surface area contributed by atoms with Crippen molar-refractivity contribution < 1.29 is 23.8 Å². The lowest BCUT2D eigenvalue weighted by Gasteiger charge is -2.28. The van der Waals surface area contributed by atoms with E-state index in [-0.39, 0.29) is 17.8 Å². The fraction of sp³-hybridized carbons (Fsp3) is 0.429. The van der Waals surface area contributed by atoms with Crippen molar-refractivity contribution in [3.63, 3.8) is 0 Å². The molecule has 130 valence electrons. The molecule has 24 heavy (non-hydrogen) atoms. The van der Waals surface area contributed by atoms with E-state index in [0.29, 0.717) is 5.84 Å². The summed E-state index contributed by atoms with van der Waals surface area (Å²) in [6.45, 7) is 0. The maximum Gasteiger partial charge on any atom is 0.354 e. The van der Waals surface area contributed by atoms with Gasteiger partial charge in [0.25, 0.3) is 6.17 Å². The fourth-order valence-corrected chi connectivity index (χ4v) is 1.78. The van der Waals surface area contributed by atoms with E-state index in [1.807, 2.05) is 14.1 Å². The zero-order valence-corrected chi connectivity index (χ0v) is 14.1. The van der Waals surface area contributed by atoms with Crippen molar-refractivity contribution in [1.82, 2.24) is 19.9 Å². The summed E-state index contributed by atoms with van der Waals surface area (Å²) in [7, 11) is 7.80. The molecule has 0 amide bonds. The van der Waals surface area contributed by atoms with E-state index in [2.05, 4.69) is 15.0 Å². The van der Waals surface area contributed by atoms with Crippen molar-refractivity contribution in [1.29, 1.82) is 0 Å². The van der Waals surface area contributed by atoms with Crippen LogP contribution in [0.5, 0.6) is 17.8 Å². The molecule has 10 nitrogen and oxygen atoms in total. The number of aromatic nitrogens is 2. The molecule has 1 aromatic heterocycles. The van der Waals surface area contributed by atoms with E-state index < -0.39 is 12.1 Å². The van der Waals surface area contributed by atoms with E-state index in [4.69, 9.17) is 19.0 Å². The van der Waals surface area contributed by atoms with Crippen LogP contribution in [0.25, 0.3) is 0 Å². The number of esters is 1. The van der Waals surface area contributed by atoms with Crippen molar-refractivity contribution >= 4 is 11.8 Å². The zero-order chi connectivity index (χ0) is 17.7. The van der Waals surface area contributed by atoms with Crippen molar-refractivity contribution in [2.24, 2.45) is 4.99 Å². The number of nitrogens with zero attached hydrogens (tertiary/aromatic N) is 5. The minimum atomic E-state index is -1.03. The summed E-state index contributed by atoms with van der Waals surface area (Å²) in [4.78, 5) is 31.7. The summed E-state index contributed by atoms with van der Waals surface area (Å²) in [5.74, 6) is 0.512. The normalized spacial score (nSPS) is 16.3. The number of likely N-dealkylation sites (N-methyl/N-ethyl adjacent to an activating group) is 1. The Morgan fingerprint density at radius 2 is 1.79 bits per heavy atom. The van der Waals surface area contributed by atoms with Gasteiger partial charge in [-0.1, -0.05) is 0 Å². The molecule has 2 rings (SSSR count). The van der Waals surface area contributed by atoms with Crippen LogP contribution < -0.4 is 14.3 Å². The molecule has 0 N–H and O–H groups in total. The molecule has 0 saturated heterocycles. The van der Waals surface area contributed by atoms with Gasteiger partial charge in [-0.3, -0.25) is 0 Å². The predicted molar refractivity (Wildman–Crippen MR) is 83.7 cm³/mol. The summed E-state index contributed by atoms with van der Waals surface area (Å²) < 4.78 is 14.9. The third-order valence-corrected chi connectivity index (χ3v) is 3.00. The largest absolute Gasteiger partial charge is 0.481 e. The summed E-state index contributed by atoms with van der Waals surface area (Å²) in [5.41, 5.74) is 0. The Morgan fingerprint density at radius 3 is 2.29 bits per heavy atom. The van der Waals surface area contributed by atoms with Crippen LogP contribution >= 0.6 is 0 Å². The topological polar surface area (TPSA) is 98.6 Å². The minimum Gasteiger partial charge on any atom is -0.481 e. The van der Waals surface area contributed by atoms with Gasteiger partial charge in [-0.25, -0.2) is 9.79 Å². The molecule has 1 aliphatic rings. The molecule has 1 unspecified atom stereocenters. The summed E-state index contributed by atoms with van der Waals surface area (Å²) in [6.07, 6.45) is 2.19.